The Kier molecular flexibility index (Phi) is 5.59. The third-order valence-electron chi connectivity index (χ3n) is 4.57. The molecule has 1 aliphatic carbocycles. The Hall–Kier alpha value is -1.13. The van der Waals surface area contributed by atoms with Crippen molar-refractivity contribution in [1.82, 2.24) is 0 Å². The molecule has 2 N–H and O–H groups in total. The number of benzene rings is 1. The topological polar surface area (TPSA) is 69.2 Å². The van der Waals surface area contributed by atoms with Gasteiger partial charge in [0.1, 0.15) is 0 Å². The molecule has 3 unspecified atom stereocenters. The molecule has 0 heterocycles. The van der Waals surface area contributed by atoms with Crippen LogP contribution in [-0.4, -0.2) is 11.0 Å². The molecule has 0 saturated heterocycles. The minimum atomic E-state index is -0.348. The summed E-state index contributed by atoms with van der Waals surface area (Å²) in [7, 11) is 0. The molecule has 1 aromatic rings. The molecule has 0 spiro atoms. The second-order valence-electron chi connectivity index (χ2n) is 6.13. The number of nitrogens with two attached hydrogens (primary N) is 1. The molecular formula is C16H23ClN2O2. The van der Waals surface area contributed by atoms with E-state index in [0.29, 0.717) is 23.3 Å². The SMILES string of the molecule is CCCC1CCC(N)C(Cc2ccc(Cl)cc2[N+](=O)[O-])C1. The maximum Gasteiger partial charge on any atom is 0.274 e. The average molecular weight is 311 g/mol. The fourth-order valence-corrected chi connectivity index (χ4v) is 3.62. The van der Waals surface area contributed by atoms with Crippen LogP contribution in [0.4, 0.5) is 5.69 Å². The van der Waals surface area contributed by atoms with Gasteiger partial charge >= 0.3 is 0 Å². The van der Waals surface area contributed by atoms with Crippen LogP contribution >= 0.6 is 11.6 Å². The minimum Gasteiger partial charge on any atom is -0.327 e. The summed E-state index contributed by atoms with van der Waals surface area (Å²) in [6.45, 7) is 2.20. The van der Waals surface area contributed by atoms with Crippen molar-refractivity contribution in [2.45, 2.75) is 51.5 Å². The van der Waals surface area contributed by atoms with Crippen molar-refractivity contribution in [3.05, 3.63) is 38.9 Å². The quantitative estimate of drug-likeness (QED) is 0.650. The lowest BCUT2D eigenvalue weighted by molar-refractivity contribution is -0.385. The van der Waals surface area contributed by atoms with Crippen LogP contribution in [0.2, 0.25) is 5.02 Å². The first-order valence-electron chi connectivity index (χ1n) is 7.69. The number of rotatable bonds is 5. The molecule has 0 amide bonds. The molecule has 1 saturated carbocycles. The summed E-state index contributed by atoms with van der Waals surface area (Å²) in [5.41, 5.74) is 7.12. The Morgan fingerprint density at radius 2 is 2.19 bits per heavy atom. The van der Waals surface area contributed by atoms with E-state index in [-0.39, 0.29) is 16.7 Å². The number of hydrogen-bond acceptors (Lipinski definition) is 3. The minimum absolute atomic E-state index is 0.118. The summed E-state index contributed by atoms with van der Waals surface area (Å²) in [4.78, 5) is 10.8. The predicted octanol–water partition coefficient (Wildman–Crippen LogP) is 4.33. The fourth-order valence-electron chi connectivity index (χ4n) is 3.45. The molecule has 116 valence electrons. The van der Waals surface area contributed by atoms with E-state index in [0.717, 1.165) is 18.4 Å². The van der Waals surface area contributed by atoms with E-state index >= 15 is 0 Å². The smallest absolute Gasteiger partial charge is 0.274 e. The summed E-state index contributed by atoms with van der Waals surface area (Å²) in [5, 5.41) is 11.6. The summed E-state index contributed by atoms with van der Waals surface area (Å²) < 4.78 is 0. The van der Waals surface area contributed by atoms with Gasteiger partial charge in [0.15, 0.2) is 0 Å². The predicted molar refractivity (Wildman–Crippen MR) is 85.5 cm³/mol. The van der Waals surface area contributed by atoms with E-state index in [1.165, 1.54) is 25.3 Å². The largest absolute Gasteiger partial charge is 0.327 e. The molecule has 3 atom stereocenters. The van der Waals surface area contributed by atoms with Gasteiger partial charge in [-0.1, -0.05) is 37.4 Å². The standard InChI is InChI=1S/C16H23ClN2O2/c1-2-3-11-4-7-15(18)13(8-11)9-12-5-6-14(17)10-16(12)19(20)21/h5-6,10-11,13,15H,2-4,7-9,18H2,1H3. The Morgan fingerprint density at radius 1 is 1.43 bits per heavy atom. The Labute approximate surface area is 130 Å². The van der Waals surface area contributed by atoms with Crippen LogP contribution in [0.15, 0.2) is 18.2 Å². The van der Waals surface area contributed by atoms with Crippen LogP contribution in [-0.2, 0) is 6.42 Å². The van der Waals surface area contributed by atoms with Crippen LogP contribution in [0.3, 0.4) is 0 Å². The Bertz CT molecular complexity index is 507. The molecule has 2 rings (SSSR count). The number of nitro benzene ring substituents is 1. The number of hydrogen-bond donors (Lipinski definition) is 1. The highest BCUT2D eigenvalue weighted by Crippen LogP contribution is 2.35. The van der Waals surface area contributed by atoms with Gasteiger partial charge in [0, 0.05) is 22.7 Å². The lowest BCUT2D eigenvalue weighted by Gasteiger charge is -2.34. The first kappa shape index (κ1) is 16.2. The summed E-state index contributed by atoms with van der Waals surface area (Å²) in [6.07, 6.45) is 6.38. The zero-order valence-electron chi connectivity index (χ0n) is 12.4. The molecule has 0 bridgehead atoms. The van der Waals surface area contributed by atoms with E-state index < -0.39 is 0 Å². The first-order valence-corrected chi connectivity index (χ1v) is 8.07. The van der Waals surface area contributed by atoms with Crippen LogP contribution < -0.4 is 5.73 Å². The van der Waals surface area contributed by atoms with Crippen molar-refractivity contribution < 1.29 is 4.92 Å². The van der Waals surface area contributed by atoms with Gasteiger partial charge in [0.25, 0.3) is 5.69 Å². The summed E-state index contributed by atoms with van der Waals surface area (Å²) >= 11 is 5.87. The maximum absolute atomic E-state index is 11.2. The molecule has 1 aromatic carbocycles. The monoisotopic (exact) mass is 310 g/mol. The molecule has 0 radical (unpaired) electrons. The van der Waals surface area contributed by atoms with Gasteiger partial charge in [-0.2, -0.15) is 0 Å². The molecule has 4 nitrogen and oxygen atoms in total. The fraction of sp³-hybridized carbons (Fsp3) is 0.625. The zero-order chi connectivity index (χ0) is 15.4. The first-order chi connectivity index (χ1) is 10.0. The number of nitro groups is 1. The number of nitrogens with zero attached hydrogens (tertiary/aromatic N) is 1. The Balaban J connectivity index is 2.14. The molecule has 0 aliphatic heterocycles. The van der Waals surface area contributed by atoms with Crippen LogP contribution in [0.5, 0.6) is 0 Å². The van der Waals surface area contributed by atoms with Crippen molar-refractivity contribution in [2.24, 2.45) is 17.6 Å². The molecule has 1 aliphatic rings. The van der Waals surface area contributed by atoms with Gasteiger partial charge in [-0.05, 0) is 43.6 Å². The third-order valence-corrected chi connectivity index (χ3v) is 4.81. The molecular weight excluding hydrogens is 288 g/mol. The molecule has 1 fully saturated rings. The lowest BCUT2D eigenvalue weighted by atomic mass is 9.74. The molecule has 5 heteroatoms. The Morgan fingerprint density at radius 3 is 2.86 bits per heavy atom. The van der Waals surface area contributed by atoms with Gasteiger partial charge in [0.2, 0.25) is 0 Å². The van der Waals surface area contributed by atoms with E-state index in [1.807, 2.05) is 0 Å². The van der Waals surface area contributed by atoms with E-state index in [4.69, 9.17) is 17.3 Å². The van der Waals surface area contributed by atoms with Crippen molar-refractivity contribution in [1.29, 1.82) is 0 Å². The maximum atomic E-state index is 11.2. The van der Waals surface area contributed by atoms with Gasteiger partial charge in [0.05, 0.1) is 4.92 Å². The zero-order valence-corrected chi connectivity index (χ0v) is 13.2. The third kappa shape index (κ3) is 4.17. The van der Waals surface area contributed by atoms with Crippen molar-refractivity contribution in [3.63, 3.8) is 0 Å². The number of halogens is 1. The van der Waals surface area contributed by atoms with Crippen LogP contribution in [0.25, 0.3) is 0 Å². The van der Waals surface area contributed by atoms with Crippen LogP contribution in [0, 0.1) is 22.0 Å². The average Bonchev–Trinajstić information content (AvgIpc) is 2.44. The molecule has 21 heavy (non-hydrogen) atoms. The van der Waals surface area contributed by atoms with E-state index in [1.54, 1.807) is 12.1 Å². The second-order valence-corrected chi connectivity index (χ2v) is 6.56. The highest BCUT2D eigenvalue weighted by Gasteiger charge is 2.29. The molecule has 0 aromatic heterocycles. The van der Waals surface area contributed by atoms with Crippen molar-refractivity contribution >= 4 is 17.3 Å². The summed E-state index contributed by atoms with van der Waals surface area (Å²) in [5.74, 6) is 1.04. The van der Waals surface area contributed by atoms with E-state index in [9.17, 15) is 10.1 Å². The van der Waals surface area contributed by atoms with Crippen LogP contribution in [0.1, 0.15) is 44.6 Å². The lowest BCUT2D eigenvalue weighted by Crippen LogP contribution is -2.37. The van der Waals surface area contributed by atoms with Crippen molar-refractivity contribution in [3.8, 4) is 0 Å². The van der Waals surface area contributed by atoms with Gasteiger partial charge < -0.3 is 5.73 Å². The van der Waals surface area contributed by atoms with Gasteiger partial charge in [-0.15, -0.1) is 0 Å². The van der Waals surface area contributed by atoms with E-state index in [2.05, 4.69) is 6.92 Å². The highest BCUT2D eigenvalue weighted by atomic mass is 35.5. The van der Waals surface area contributed by atoms with Crippen molar-refractivity contribution in [2.75, 3.05) is 0 Å². The highest BCUT2D eigenvalue weighted by molar-refractivity contribution is 6.30. The normalized spacial score (nSPS) is 25.8. The van der Waals surface area contributed by atoms with Gasteiger partial charge in [-0.3, -0.25) is 10.1 Å². The summed E-state index contributed by atoms with van der Waals surface area (Å²) in [6, 6.07) is 5.08. The second kappa shape index (κ2) is 7.23. The van der Waals surface area contributed by atoms with Gasteiger partial charge in [-0.25, -0.2) is 0 Å².